The summed E-state index contributed by atoms with van der Waals surface area (Å²) < 4.78 is 17.0. The van der Waals surface area contributed by atoms with Crippen molar-refractivity contribution in [3.63, 3.8) is 0 Å². The number of aromatic nitrogens is 2. The summed E-state index contributed by atoms with van der Waals surface area (Å²) in [5.41, 5.74) is -0.846. The van der Waals surface area contributed by atoms with Gasteiger partial charge >= 0.3 is 18.0 Å². The highest BCUT2D eigenvalue weighted by atomic mass is 16.6. The first-order valence-corrected chi connectivity index (χ1v) is 9.93. The van der Waals surface area contributed by atoms with Gasteiger partial charge in [0.25, 0.3) is 5.54 Å². The van der Waals surface area contributed by atoms with Gasteiger partial charge in [-0.25, -0.2) is 19.1 Å². The number of esters is 2. The van der Waals surface area contributed by atoms with Crippen LogP contribution in [0, 0.1) is 0 Å². The van der Waals surface area contributed by atoms with Gasteiger partial charge in [-0.15, -0.1) is 0 Å². The number of amides is 1. The van der Waals surface area contributed by atoms with Crippen molar-refractivity contribution < 1.29 is 28.6 Å². The van der Waals surface area contributed by atoms with Crippen molar-refractivity contribution in [3.8, 4) is 0 Å². The van der Waals surface area contributed by atoms with Crippen LogP contribution in [0.5, 0.6) is 0 Å². The molecule has 2 heterocycles. The smallest absolute Gasteiger partial charge is 0.410 e. The van der Waals surface area contributed by atoms with Crippen molar-refractivity contribution in [2.75, 3.05) is 19.8 Å². The molecule has 0 aliphatic carbocycles. The molecule has 0 N–H and O–H groups in total. The second kappa shape index (κ2) is 8.84. The van der Waals surface area contributed by atoms with E-state index in [-0.39, 0.29) is 19.8 Å². The molecule has 0 spiro atoms. The predicted octanol–water partition coefficient (Wildman–Crippen LogP) is 2.41. The quantitative estimate of drug-likeness (QED) is 0.418. The number of ether oxygens (including phenoxy) is 3. The summed E-state index contributed by atoms with van der Waals surface area (Å²) in [6.45, 7) is 11.3. The van der Waals surface area contributed by atoms with E-state index in [0.717, 1.165) is 11.3 Å². The van der Waals surface area contributed by atoms with Gasteiger partial charge in [-0.2, -0.15) is 5.10 Å². The zero-order valence-corrected chi connectivity index (χ0v) is 18.1. The van der Waals surface area contributed by atoms with E-state index >= 15 is 0 Å². The van der Waals surface area contributed by atoms with Crippen molar-refractivity contribution >= 4 is 18.0 Å². The highest BCUT2D eigenvalue weighted by Gasteiger charge is 2.48. The second-order valence-electron chi connectivity index (χ2n) is 8.06. The summed E-state index contributed by atoms with van der Waals surface area (Å²) in [4.78, 5) is 39.3. The van der Waals surface area contributed by atoms with E-state index in [1.54, 1.807) is 24.9 Å². The Hall–Kier alpha value is -2.58. The number of nitrogens with zero attached hydrogens (tertiary/aromatic N) is 3. The van der Waals surface area contributed by atoms with Crippen molar-refractivity contribution in [2.45, 2.75) is 72.1 Å². The van der Waals surface area contributed by atoms with Gasteiger partial charge in [-0.3, -0.25) is 0 Å². The lowest BCUT2D eigenvalue weighted by Crippen LogP contribution is -2.49. The monoisotopic (exact) mass is 409 g/mol. The van der Waals surface area contributed by atoms with Gasteiger partial charge in [0.2, 0.25) is 0 Å². The molecule has 29 heavy (non-hydrogen) atoms. The number of carbonyl (C=O) groups is 3. The van der Waals surface area contributed by atoms with Gasteiger partial charge in [0.1, 0.15) is 5.60 Å². The minimum Gasteiger partial charge on any atom is -0.464 e. The summed E-state index contributed by atoms with van der Waals surface area (Å²) in [7, 11) is 0. The third kappa shape index (κ3) is 5.07. The van der Waals surface area contributed by atoms with E-state index in [4.69, 9.17) is 14.2 Å². The minimum absolute atomic E-state index is 0.126. The predicted molar refractivity (Wildman–Crippen MR) is 104 cm³/mol. The molecule has 0 saturated heterocycles. The molecule has 2 rings (SSSR count). The normalized spacial score (nSPS) is 14.6. The van der Waals surface area contributed by atoms with E-state index in [1.165, 1.54) is 11.6 Å². The maximum absolute atomic E-state index is 12.6. The fraction of sp³-hybridized carbons (Fsp3) is 0.700. The van der Waals surface area contributed by atoms with Crippen LogP contribution in [0.3, 0.4) is 0 Å². The third-order valence-corrected chi connectivity index (χ3v) is 4.54. The molecule has 9 nitrogen and oxygen atoms in total. The molecule has 0 atom stereocenters. The summed E-state index contributed by atoms with van der Waals surface area (Å²) in [5.74, 6) is -1.47. The van der Waals surface area contributed by atoms with Crippen LogP contribution in [0.25, 0.3) is 0 Å². The molecule has 0 saturated carbocycles. The number of carbonyl (C=O) groups excluding carboxylic acids is 3. The highest BCUT2D eigenvalue weighted by molar-refractivity contribution is 6.01. The molecule has 0 unspecified atom stereocenters. The van der Waals surface area contributed by atoms with Gasteiger partial charge in [0, 0.05) is 18.3 Å². The number of aryl methyl sites for hydroxylation is 1. The van der Waals surface area contributed by atoms with Crippen LogP contribution in [-0.2, 0) is 42.3 Å². The maximum atomic E-state index is 12.6. The summed E-state index contributed by atoms with van der Waals surface area (Å²) in [6, 6.07) is 0. The molecular weight excluding hydrogens is 378 g/mol. The molecule has 162 valence electrons. The van der Waals surface area contributed by atoms with Gasteiger partial charge < -0.3 is 19.1 Å². The second-order valence-corrected chi connectivity index (χ2v) is 8.06. The Morgan fingerprint density at radius 3 is 2.17 bits per heavy atom. The van der Waals surface area contributed by atoms with Gasteiger partial charge in [0.05, 0.1) is 25.5 Å². The zero-order chi connectivity index (χ0) is 21.8. The van der Waals surface area contributed by atoms with Gasteiger partial charge in [-0.1, -0.05) is 0 Å². The fourth-order valence-corrected chi connectivity index (χ4v) is 3.03. The van der Waals surface area contributed by atoms with Crippen LogP contribution in [0.1, 0.15) is 59.2 Å². The van der Waals surface area contributed by atoms with E-state index < -0.39 is 29.2 Å². The first kappa shape index (κ1) is 22.7. The standard InChI is InChI=1S/C20H31N3O6/c1-7-27-16(24)20(6,17(25)28-8-2)23-13-14-12-22(11-9-10-15(14)21-23)18(26)29-19(3,4)5/h13H,7-12H2,1-6H3. The van der Waals surface area contributed by atoms with Gasteiger partial charge in [-0.05, 0) is 54.4 Å². The lowest BCUT2D eigenvalue weighted by molar-refractivity contribution is -0.169. The molecule has 0 aromatic carbocycles. The molecule has 1 aromatic rings. The van der Waals surface area contributed by atoms with Crippen molar-refractivity contribution in [3.05, 3.63) is 17.5 Å². The van der Waals surface area contributed by atoms with Crippen LogP contribution >= 0.6 is 0 Å². The van der Waals surface area contributed by atoms with Crippen LogP contribution in [0.2, 0.25) is 0 Å². The fourth-order valence-electron chi connectivity index (χ4n) is 3.03. The van der Waals surface area contributed by atoms with Crippen molar-refractivity contribution in [1.29, 1.82) is 0 Å². The first-order chi connectivity index (χ1) is 13.5. The van der Waals surface area contributed by atoms with Crippen molar-refractivity contribution in [1.82, 2.24) is 14.7 Å². The molecule has 1 aliphatic rings. The number of hydrogen-bond acceptors (Lipinski definition) is 7. The molecule has 0 radical (unpaired) electrons. The van der Waals surface area contributed by atoms with Crippen LogP contribution in [0.4, 0.5) is 4.79 Å². The maximum Gasteiger partial charge on any atom is 0.410 e. The summed E-state index contributed by atoms with van der Waals surface area (Å²) in [5, 5.41) is 4.49. The Kier molecular flexibility index (Phi) is 6.92. The van der Waals surface area contributed by atoms with Crippen LogP contribution in [-0.4, -0.2) is 58.1 Å². The number of rotatable bonds is 5. The average molecular weight is 409 g/mol. The Morgan fingerprint density at radius 2 is 1.66 bits per heavy atom. The lowest BCUT2D eigenvalue weighted by Gasteiger charge is -2.27. The third-order valence-electron chi connectivity index (χ3n) is 4.54. The Labute approximate surface area is 171 Å². The highest BCUT2D eigenvalue weighted by Crippen LogP contribution is 2.26. The number of hydrogen-bond donors (Lipinski definition) is 0. The average Bonchev–Trinajstić information content (AvgIpc) is 2.91. The van der Waals surface area contributed by atoms with E-state index in [9.17, 15) is 14.4 Å². The number of fused-ring (bicyclic) bond motifs is 1. The molecule has 1 aromatic heterocycles. The molecular formula is C20H31N3O6. The summed E-state index contributed by atoms with van der Waals surface area (Å²) in [6.07, 6.45) is 2.52. The Balaban J connectivity index is 2.35. The zero-order valence-electron chi connectivity index (χ0n) is 18.1. The van der Waals surface area contributed by atoms with Crippen molar-refractivity contribution in [2.24, 2.45) is 0 Å². The molecule has 0 bridgehead atoms. The Bertz CT molecular complexity index is 747. The van der Waals surface area contributed by atoms with Crippen LogP contribution in [0.15, 0.2) is 6.20 Å². The topological polar surface area (TPSA) is 100.0 Å². The van der Waals surface area contributed by atoms with E-state index in [0.29, 0.717) is 19.4 Å². The summed E-state index contributed by atoms with van der Waals surface area (Å²) >= 11 is 0. The van der Waals surface area contributed by atoms with Gasteiger partial charge in [0.15, 0.2) is 0 Å². The Morgan fingerprint density at radius 1 is 1.07 bits per heavy atom. The molecule has 0 fully saturated rings. The lowest BCUT2D eigenvalue weighted by atomic mass is 10.0. The van der Waals surface area contributed by atoms with Crippen LogP contribution < -0.4 is 0 Å². The minimum atomic E-state index is -1.74. The first-order valence-electron chi connectivity index (χ1n) is 9.93. The SMILES string of the molecule is CCOC(=O)C(C)(C(=O)OCC)n1cc2c(n1)CCCN(C(=O)OC(C)(C)C)C2. The van der Waals surface area contributed by atoms with E-state index in [1.807, 2.05) is 20.8 Å². The largest absolute Gasteiger partial charge is 0.464 e. The van der Waals surface area contributed by atoms with E-state index in [2.05, 4.69) is 5.10 Å². The molecule has 1 aliphatic heterocycles. The molecule has 1 amide bonds. The molecule has 9 heteroatoms.